The van der Waals surface area contributed by atoms with Crippen LogP contribution < -0.4 is 4.90 Å². The van der Waals surface area contributed by atoms with Crippen molar-refractivity contribution in [3.05, 3.63) is 75.9 Å². The first-order valence-corrected chi connectivity index (χ1v) is 13.5. The number of carbonyl (C=O) groups excluding carboxylic acids is 2. The van der Waals surface area contributed by atoms with Crippen LogP contribution in [0.1, 0.15) is 62.6 Å². The largest absolute Gasteiger partial charge is 0.507 e. The highest BCUT2D eigenvalue weighted by molar-refractivity contribution is 6.22. The van der Waals surface area contributed by atoms with Gasteiger partial charge in [0.2, 0.25) is 11.8 Å². The van der Waals surface area contributed by atoms with E-state index in [0.29, 0.717) is 24.5 Å². The van der Waals surface area contributed by atoms with Crippen LogP contribution in [0.5, 0.6) is 5.75 Å². The van der Waals surface area contributed by atoms with Crippen molar-refractivity contribution in [3.8, 4) is 5.75 Å². The lowest BCUT2D eigenvalue weighted by Gasteiger charge is -2.30. The quantitative estimate of drug-likeness (QED) is 0.348. The number of benzene rings is 2. The molecule has 194 valence electrons. The number of phenols is 1. The molecule has 0 bridgehead atoms. The topological polar surface area (TPSA) is 66.8 Å². The molecule has 3 aliphatic rings. The van der Waals surface area contributed by atoms with Gasteiger partial charge in [0, 0.05) is 5.92 Å². The molecule has 2 saturated heterocycles. The molecule has 2 heterocycles. The molecular formula is C32H37NO4. The minimum atomic E-state index is -0.329. The Bertz CT molecular complexity index is 1250. The first kappa shape index (κ1) is 25.5. The molecule has 2 fully saturated rings. The summed E-state index contributed by atoms with van der Waals surface area (Å²) in [5, 5.41) is 10.1. The van der Waals surface area contributed by atoms with Gasteiger partial charge in [0.1, 0.15) is 5.75 Å². The first-order chi connectivity index (χ1) is 17.8. The van der Waals surface area contributed by atoms with E-state index in [1.807, 2.05) is 56.3 Å². The number of imide groups is 1. The number of amides is 2. The van der Waals surface area contributed by atoms with Gasteiger partial charge in [-0.1, -0.05) is 48.8 Å². The molecule has 0 unspecified atom stereocenters. The van der Waals surface area contributed by atoms with Crippen molar-refractivity contribution < 1.29 is 19.4 Å². The van der Waals surface area contributed by atoms with E-state index in [9.17, 15) is 14.7 Å². The number of fused-ring (bicyclic) bond motifs is 3. The summed E-state index contributed by atoms with van der Waals surface area (Å²) in [6.07, 6.45) is 6.73. The average Bonchev–Trinajstić information content (AvgIpc) is 3.40. The van der Waals surface area contributed by atoms with E-state index in [2.05, 4.69) is 19.9 Å². The fraction of sp³-hybridized carbons (Fsp3) is 0.438. The molecule has 1 N–H and O–H groups in total. The van der Waals surface area contributed by atoms with Crippen LogP contribution in [0.25, 0.3) is 6.08 Å². The van der Waals surface area contributed by atoms with Gasteiger partial charge >= 0.3 is 0 Å². The molecule has 1 aliphatic carbocycles. The van der Waals surface area contributed by atoms with Crippen molar-refractivity contribution in [2.45, 2.75) is 65.9 Å². The third-order valence-electron chi connectivity index (χ3n) is 8.35. The number of hydrogen-bond donors (Lipinski definition) is 1. The van der Waals surface area contributed by atoms with E-state index in [-0.39, 0.29) is 35.7 Å². The van der Waals surface area contributed by atoms with Crippen LogP contribution in [0, 0.1) is 31.6 Å². The smallest absolute Gasteiger partial charge is 0.238 e. The van der Waals surface area contributed by atoms with Gasteiger partial charge in [0.05, 0.1) is 30.2 Å². The highest BCUT2D eigenvalue weighted by atomic mass is 16.5. The summed E-state index contributed by atoms with van der Waals surface area (Å²) in [5.41, 5.74) is 7.40. The minimum Gasteiger partial charge on any atom is -0.507 e. The Labute approximate surface area is 219 Å². The molecule has 2 aromatic rings. The van der Waals surface area contributed by atoms with Crippen LogP contribution in [-0.2, 0) is 14.3 Å². The number of hydrogen-bond acceptors (Lipinski definition) is 4. The molecule has 2 aliphatic heterocycles. The Hall–Kier alpha value is -3.18. The summed E-state index contributed by atoms with van der Waals surface area (Å²) < 4.78 is 6.34. The van der Waals surface area contributed by atoms with E-state index in [4.69, 9.17) is 4.74 Å². The molecule has 5 rings (SSSR count). The van der Waals surface area contributed by atoms with Crippen molar-refractivity contribution in [3.63, 3.8) is 0 Å². The Morgan fingerprint density at radius 2 is 1.73 bits per heavy atom. The standard InChI is InChI=1S/C32H37NO4/c1-5-9-22(17-23-14-20(3)30(34)21(4)15-23)12-13-27-28-19(2)16-25-29(26(28)18-37-27)32(36)33(31(25)35)24-10-7-6-8-11-24/h6-8,10-11,14-15,17,25-27,29,34H,5,9,12-13,16,18H2,1-4H3/b22-17+/t25-,26+,27-,29-/m1/s1. The first-order valence-electron chi connectivity index (χ1n) is 13.5. The Morgan fingerprint density at radius 1 is 1.03 bits per heavy atom. The number of phenolic OH excluding ortho intramolecular Hbond substituents is 1. The Balaban J connectivity index is 1.34. The molecule has 2 amide bonds. The molecular weight excluding hydrogens is 462 g/mol. The van der Waals surface area contributed by atoms with E-state index in [1.54, 1.807) is 0 Å². The lowest BCUT2D eigenvalue weighted by molar-refractivity contribution is -0.122. The van der Waals surface area contributed by atoms with Crippen LogP contribution in [0.15, 0.2) is 59.2 Å². The minimum absolute atomic E-state index is 0.0110. The van der Waals surface area contributed by atoms with Gasteiger partial charge in [-0.25, -0.2) is 0 Å². The van der Waals surface area contributed by atoms with Crippen LogP contribution >= 0.6 is 0 Å². The number of carbonyl (C=O) groups is 2. The number of nitrogens with zero attached hydrogens (tertiary/aromatic N) is 1. The third-order valence-corrected chi connectivity index (χ3v) is 8.35. The van der Waals surface area contributed by atoms with Gasteiger partial charge < -0.3 is 9.84 Å². The number of ether oxygens (including phenoxy) is 1. The zero-order valence-electron chi connectivity index (χ0n) is 22.3. The number of allylic oxidation sites excluding steroid dienone is 2. The van der Waals surface area contributed by atoms with Crippen LogP contribution in [0.2, 0.25) is 0 Å². The molecule has 0 spiro atoms. The van der Waals surface area contributed by atoms with Crippen molar-refractivity contribution >= 4 is 23.6 Å². The lowest BCUT2D eigenvalue weighted by atomic mass is 9.70. The second-order valence-electron chi connectivity index (χ2n) is 10.9. The van der Waals surface area contributed by atoms with E-state index in [0.717, 1.165) is 42.4 Å². The molecule has 0 saturated carbocycles. The summed E-state index contributed by atoms with van der Waals surface area (Å²) in [7, 11) is 0. The average molecular weight is 500 g/mol. The SMILES string of the molecule is CCC/C(=C\c1cc(C)c(O)c(C)c1)CC[C@H]1OC[C@H]2C1=C(C)C[C@H]1C(=O)N(c3ccccc3)C(=O)[C@H]12. The second-order valence-corrected chi connectivity index (χ2v) is 10.9. The van der Waals surface area contributed by atoms with E-state index < -0.39 is 0 Å². The highest BCUT2D eigenvalue weighted by Crippen LogP contribution is 2.50. The summed E-state index contributed by atoms with van der Waals surface area (Å²) in [5.74, 6) is -0.426. The summed E-state index contributed by atoms with van der Waals surface area (Å²) in [6.45, 7) is 8.69. The van der Waals surface area contributed by atoms with Crippen LogP contribution in [-0.4, -0.2) is 29.6 Å². The van der Waals surface area contributed by atoms with Crippen molar-refractivity contribution in [2.75, 3.05) is 11.5 Å². The molecule has 0 radical (unpaired) electrons. The van der Waals surface area contributed by atoms with Crippen LogP contribution in [0.3, 0.4) is 0 Å². The Morgan fingerprint density at radius 3 is 2.41 bits per heavy atom. The summed E-state index contributed by atoms with van der Waals surface area (Å²) in [6, 6.07) is 13.4. The van der Waals surface area contributed by atoms with Gasteiger partial charge in [-0.2, -0.15) is 0 Å². The molecule has 37 heavy (non-hydrogen) atoms. The van der Waals surface area contributed by atoms with Crippen molar-refractivity contribution in [1.82, 2.24) is 0 Å². The fourth-order valence-corrected chi connectivity index (χ4v) is 6.68. The molecule has 4 atom stereocenters. The maximum Gasteiger partial charge on any atom is 0.238 e. The number of aromatic hydroxyl groups is 1. The van der Waals surface area contributed by atoms with Crippen molar-refractivity contribution in [2.24, 2.45) is 17.8 Å². The third kappa shape index (κ3) is 4.66. The van der Waals surface area contributed by atoms with E-state index in [1.165, 1.54) is 21.6 Å². The highest BCUT2D eigenvalue weighted by Gasteiger charge is 2.56. The number of rotatable bonds is 7. The monoisotopic (exact) mass is 499 g/mol. The van der Waals surface area contributed by atoms with Gasteiger partial charge in [-0.15, -0.1) is 0 Å². The van der Waals surface area contributed by atoms with E-state index >= 15 is 0 Å². The summed E-state index contributed by atoms with van der Waals surface area (Å²) >= 11 is 0. The van der Waals surface area contributed by atoms with Gasteiger partial charge in [-0.05, 0) is 93.0 Å². The summed E-state index contributed by atoms with van der Waals surface area (Å²) in [4.78, 5) is 28.3. The predicted molar refractivity (Wildman–Crippen MR) is 146 cm³/mol. The maximum absolute atomic E-state index is 13.5. The molecule has 0 aromatic heterocycles. The van der Waals surface area contributed by atoms with Gasteiger partial charge in [-0.3, -0.25) is 14.5 Å². The number of aryl methyl sites for hydroxylation is 2. The fourth-order valence-electron chi connectivity index (χ4n) is 6.68. The zero-order chi connectivity index (χ0) is 26.3. The normalized spacial score (nSPS) is 25.6. The molecule has 2 aromatic carbocycles. The van der Waals surface area contributed by atoms with Crippen molar-refractivity contribution in [1.29, 1.82) is 0 Å². The molecule has 5 heteroatoms. The number of para-hydroxylation sites is 1. The molecule has 5 nitrogen and oxygen atoms in total. The second kappa shape index (κ2) is 10.3. The van der Waals surface area contributed by atoms with Crippen LogP contribution in [0.4, 0.5) is 5.69 Å². The predicted octanol–water partition coefficient (Wildman–Crippen LogP) is 6.51. The Kier molecular flexibility index (Phi) is 7.09. The van der Waals surface area contributed by atoms with Gasteiger partial charge in [0.15, 0.2) is 0 Å². The maximum atomic E-state index is 13.5. The lowest BCUT2D eigenvalue weighted by Crippen LogP contribution is -2.34. The van der Waals surface area contributed by atoms with Gasteiger partial charge in [0.25, 0.3) is 0 Å². The zero-order valence-corrected chi connectivity index (χ0v) is 22.3. The number of anilines is 1.